The summed E-state index contributed by atoms with van der Waals surface area (Å²) in [6.07, 6.45) is 5.69. The van der Waals surface area contributed by atoms with Crippen LogP contribution in [0.5, 0.6) is 0 Å². The fraction of sp³-hybridized carbons (Fsp3) is 0.938. The maximum atomic E-state index is 11.9. The van der Waals surface area contributed by atoms with Gasteiger partial charge in [-0.1, -0.05) is 43.4 Å². The van der Waals surface area contributed by atoms with Crippen LogP contribution < -0.4 is 0 Å². The number of aliphatic hydroxyl groups is 1. The van der Waals surface area contributed by atoms with Crippen molar-refractivity contribution in [1.29, 1.82) is 0 Å². The molecule has 0 spiro atoms. The molecule has 0 aliphatic heterocycles. The molecular formula is C16H27IO3. The predicted molar refractivity (Wildman–Crippen MR) is 87.8 cm³/mol. The van der Waals surface area contributed by atoms with E-state index in [4.69, 9.17) is 4.74 Å². The number of hydrogen-bond donors (Lipinski definition) is 1. The smallest absolute Gasteiger partial charge is 0.319 e. The molecule has 2 fully saturated rings. The molecule has 2 aliphatic carbocycles. The maximum absolute atomic E-state index is 11.9. The quantitative estimate of drug-likeness (QED) is 0.425. The van der Waals surface area contributed by atoms with Gasteiger partial charge in [-0.2, -0.15) is 0 Å². The van der Waals surface area contributed by atoms with Crippen molar-refractivity contribution < 1.29 is 14.6 Å². The number of carbonyl (C=O) groups is 1. The molecule has 0 aromatic carbocycles. The van der Waals surface area contributed by atoms with Gasteiger partial charge in [0.1, 0.15) is 10.0 Å². The van der Waals surface area contributed by atoms with E-state index in [1.165, 1.54) is 0 Å². The molecular weight excluding hydrogens is 367 g/mol. The van der Waals surface area contributed by atoms with Gasteiger partial charge in [0.05, 0.1) is 5.60 Å². The largest absolute Gasteiger partial charge is 0.461 e. The van der Waals surface area contributed by atoms with Crippen LogP contribution in [0.4, 0.5) is 0 Å². The highest BCUT2D eigenvalue weighted by molar-refractivity contribution is 14.1. The fourth-order valence-corrected chi connectivity index (χ4v) is 4.34. The molecule has 2 saturated carbocycles. The van der Waals surface area contributed by atoms with Gasteiger partial charge >= 0.3 is 5.97 Å². The molecule has 0 aromatic heterocycles. The van der Waals surface area contributed by atoms with Gasteiger partial charge in [0, 0.05) is 0 Å². The number of esters is 1. The van der Waals surface area contributed by atoms with Gasteiger partial charge in [0.25, 0.3) is 0 Å². The van der Waals surface area contributed by atoms with E-state index in [0.717, 1.165) is 38.5 Å². The Labute approximate surface area is 136 Å². The van der Waals surface area contributed by atoms with Gasteiger partial charge < -0.3 is 9.84 Å². The van der Waals surface area contributed by atoms with E-state index < -0.39 is 5.60 Å². The van der Waals surface area contributed by atoms with Crippen molar-refractivity contribution in [2.45, 2.75) is 74.9 Å². The van der Waals surface area contributed by atoms with E-state index in [1.54, 1.807) is 0 Å². The van der Waals surface area contributed by atoms with Gasteiger partial charge in [-0.05, 0) is 56.3 Å². The lowest BCUT2D eigenvalue weighted by molar-refractivity contribution is -0.152. The molecule has 2 bridgehead atoms. The number of fused-ring (bicyclic) bond motifs is 2. The highest BCUT2D eigenvalue weighted by atomic mass is 127. The summed E-state index contributed by atoms with van der Waals surface area (Å²) in [5, 5.41) is 10.7. The average Bonchev–Trinajstić information content (AvgIpc) is 3.05. The molecule has 0 radical (unpaired) electrons. The monoisotopic (exact) mass is 394 g/mol. The molecule has 0 aromatic rings. The van der Waals surface area contributed by atoms with Crippen molar-refractivity contribution in [1.82, 2.24) is 0 Å². The summed E-state index contributed by atoms with van der Waals surface area (Å²) in [6, 6.07) is 0. The van der Waals surface area contributed by atoms with Crippen LogP contribution in [0.1, 0.15) is 59.3 Å². The number of hydrogen-bond acceptors (Lipinski definition) is 3. The molecule has 5 atom stereocenters. The molecule has 0 heterocycles. The second kappa shape index (κ2) is 6.51. The summed E-state index contributed by atoms with van der Waals surface area (Å²) in [5.41, 5.74) is -0.510. The number of carbonyl (C=O) groups excluding carboxylic acids is 1. The topological polar surface area (TPSA) is 46.5 Å². The van der Waals surface area contributed by atoms with Crippen molar-refractivity contribution in [3.05, 3.63) is 0 Å². The Balaban J connectivity index is 1.93. The van der Waals surface area contributed by atoms with Crippen LogP contribution in [0, 0.1) is 17.8 Å². The standard InChI is InChI=1S/C16H27IO3/c1-4-13(17)15(18)20-14-9-10-7-11(14)8-12(10)16(19,5-2)6-3/h10-14,19H,4-9H2,1-3H3. The first-order valence-electron chi connectivity index (χ1n) is 8.02. The van der Waals surface area contributed by atoms with Gasteiger partial charge in [0.15, 0.2) is 0 Å². The normalized spacial score (nSPS) is 34.2. The molecule has 0 amide bonds. The molecule has 4 heteroatoms. The molecule has 5 unspecified atom stereocenters. The first kappa shape index (κ1) is 16.5. The van der Waals surface area contributed by atoms with E-state index in [-0.39, 0.29) is 16.0 Å². The summed E-state index contributed by atoms with van der Waals surface area (Å²) >= 11 is 2.16. The SMILES string of the molecule is CCC(I)C(=O)OC1CC2CC1CC2C(O)(CC)CC. The van der Waals surface area contributed by atoms with E-state index in [1.807, 2.05) is 6.92 Å². The molecule has 1 N–H and O–H groups in total. The Kier molecular flexibility index (Phi) is 5.38. The lowest BCUT2D eigenvalue weighted by Crippen LogP contribution is -2.42. The third-order valence-electron chi connectivity index (χ3n) is 5.59. The average molecular weight is 394 g/mol. The van der Waals surface area contributed by atoms with E-state index >= 15 is 0 Å². The molecule has 2 rings (SSSR count). The van der Waals surface area contributed by atoms with Crippen LogP contribution >= 0.6 is 22.6 Å². The molecule has 116 valence electrons. The second-order valence-corrected chi connectivity index (χ2v) is 8.00. The maximum Gasteiger partial charge on any atom is 0.319 e. The van der Waals surface area contributed by atoms with Crippen molar-refractivity contribution in [3.8, 4) is 0 Å². The zero-order chi connectivity index (χ0) is 14.9. The third kappa shape index (κ3) is 3.01. The lowest BCUT2D eigenvalue weighted by atomic mass is 9.73. The van der Waals surface area contributed by atoms with E-state index in [2.05, 4.69) is 36.4 Å². The van der Waals surface area contributed by atoms with Gasteiger partial charge in [-0.3, -0.25) is 4.79 Å². The van der Waals surface area contributed by atoms with Crippen LogP contribution in [0.3, 0.4) is 0 Å². The predicted octanol–water partition coefficient (Wildman–Crippen LogP) is 3.71. The van der Waals surface area contributed by atoms with E-state index in [0.29, 0.717) is 17.8 Å². The van der Waals surface area contributed by atoms with Crippen LogP contribution in [-0.2, 0) is 9.53 Å². The van der Waals surface area contributed by atoms with E-state index in [9.17, 15) is 9.90 Å². The number of alkyl halides is 1. The van der Waals surface area contributed by atoms with Crippen LogP contribution in [0.25, 0.3) is 0 Å². The fourth-order valence-electron chi connectivity index (χ4n) is 4.19. The first-order chi connectivity index (χ1) is 9.45. The Hall–Kier alpha value is 0.160. The van der Waals surface area contributed by atoms with Crippen molar-refractivity contribution in [2.24, 2.45) is 17.8 Å². The number of halogens is 1. The lowest BCUT2D eigenvalue weighted by Gasteiger charge is -2.39. The summed E-state index contributed by atoms with van der Waals surface area (Å²) in [5.74, 6) is 1.36. The molecule has 3 nitrogen and oxygen atoms in total. The first-order valence-corrected chi connectivity index (χ1v) is 9.26. The minimum atomic E-state index is -0.510. The molecule has 2 aliphatic rings. The zero-order valence-electron chi connectivity index (χ0n) is 12.8. The van der Waals surface area contributed by atoms with Gasteiger partial charge in [-0.15, -0.1) is 0 Å². The summed E-state index contributed by atoms with van der Waals surface area (Å²) in [4.78, 5) is 11.9. The Morgan fingerprint density at radius 2 is 1.90 bits per heavy atom. The summed E-state index contributed by atoms with van der Waals surface area (Å²) in [6.45, 7) is 6.17. The minimum Gasteiger partial charge on any atom is -0.461 e. The van der Waals surface area contributed by atoms with Crippen molar-refractivity contribution in [2.75, 3.05) is 0 Å². The third-order valence-corrected chi connectivity index (χ3v) is 6.98. The van der Waals surface area contributed by atoms with Crippen molar-refractivity contribution in [3.63, 3.8) is 0 Å². The highest BCUT2D eigenvalue weighted by Gasteiger charge is 2.53. The number of ether oxygens (including phenoxy) is 1. The highest BCUT2D eigenvalue weighted by Crippen LogP contribution is 2.54. The molecule has 0 saturated heterocycles. The Morgan fingerprint density at radius 1 is 1.25 bits per heavy atom. The summed E-state index contributed by atoms with van der Waals surface area (Å²) in [7, 11) is 0. The van der Waals surface area contributed by atoms with Crippen LogP contribution in [-0.4, -0.2) is 26.7 Å². The zero-order valence-corrected chi connectivity index (χ0v) is 14.9. The molecule has 20 heavy (non-hydrogen) atoms. The second-order valence-electron chi connectivity index (χ2n) is 6.50. The van der Waals surface area contributed by atoms with Crippen molar-refractivity contribution >= 4 is 28.6 Å². The van der Waals surface area contributed by atoms with Crippen LogP contribution in [0.15, 0.2) is 0 Å². The van der Waals surface area contributed by atoms with Crippen LogP contribution in [0.2, 0.25) is 0 Å². The number of rotatable bonds is 6. The van der Waals surface area contributed by atoms with Gasteiger partial charge in [-0.25, -0.2) is 0 Å². The Morgan fingerprint density at radius 3 is 2.35 bits per heavy atom. The minimum absolute atomic E-state index is 0.0225. The van der Waals surface area contributed by atoms with Gasteiger partial charge in [0.2, 0.25) is 0 Å². The Bertz CT molecular complexity index is 354. The summed E-state index contributed by atoms with van der Waals surface area (Å²) < 4.78 is 5.68.